The molecular formula is C20H28ClN3OS+2. The molecule has 3 N–H and O–H groups in total. The van der Waals surface area contributed by atoms with Gasteiger partial charge in [-0.25, -0.2) is 0 Å². The highest BCUT2D eigenvalue weighted by Gasteiger charge is 2.30. The number of quaternary nitrogens is 2. The van der Waals surface area contributed by atoms with E-state index < -0.39 is 0 Å². The normalized spacial score (nSPS) is 21.3. The lowest BCUT2D eigenvalue weighted by Crippen LogP contribution is -3.29. The molecule has 1 atom stereocenters. The average molecular weight is 394 g/mol. The van der Waals surface area contributed by atoms with Crippen molar-refractivity contribution in [2.24, 2.45) is 0 Å². The molecule has 0 spiro atoms. The van der Waals surface area contributed by atoms with E-state index in [1.54, 1.807) is 16.2 Å². The van der Waals surface area contributed by atoms with E-state index in [1.165, 1.54) is 15.3 Å². The first-order valence-electron chi connectivity index (χ1n) is 9.34. The van der Waals surface area contributed by atoms with Crippen LogP contribution in [-0.4, -0.2) is 44.7 Å². The molecule has 0 saturated carbocycles. The van der Waals surface area contributed by atoms with Crippen molar-refractivity contribution in [1.29, 1.82) is 0 Å². The van der Waals surface area contributed by atoms with E-state index in [1.807, 2.05) is 12.1 Å². The van der Waals surface area contributed by atoms with Gasteiger partial charge in [0.2, 0.25) is 0 Å². The maximum absolute atomic E-state index is 12.4. The Bertz CT molecular complexity index is 682. The molecule has 26 heavy (non-hydrogen) atoms. The molecule has 2 aromatic rings. The number of rotatable bonds is 7. The summed E-state index contributed by atoms with van der Waals surface area (Å²) in [5, 5.41) is 5.97. The van der Waals surface area contributed by atoms with Gasteiger partial charge in [0.15, 0.2) is 6.04 Å². The minimum atomic E-state index is 0.0235. The van der Waals surface area contributed by atoms with Gasteiger partial charge in [0, 0.05) is 22.0 Å². The molecule has 0 aliphatic carbocycles. The van der Waals surface area contributed by atoms with Crippen molar-refractivity contribution in [1.82, 2.24) is 5.32 Å². The van der Waals surface area contributed by atoms with Crippen LogP contribution in [0.15, 0.2) is 41.8 Å². The number of amides is 1. The Balaban J connectivity index is 1.39. The van der Waals surface area contributed by atoms with Crippen LogP contribution in [0.1, 0.15) is 17.4 Å². The van der Waals surface area contributed by atoms with Gasteiger partial charge in [-0.05, 0) is 36.9 Å². The van der Waals surface area contributed by atoms with Crippen molar-refractivity contribution in [3.05, 3.63) is 57.2 Å². The van der Waals surface area contributed by atoms with Gasteiger partial charge in [-0.15, -0.1) is 11.3 Å². The maximum Gasteiger partial charge on any atom is 0.278 e. The Morgan fingerprint density at radius 2 is 1.92 bits per heavy atom. The molecule has 1 saturated heterocycles. The van der Waals surface area contributed by atoms with Crippen molar-refractivity contribution in [2.75, 3.05) is 32.7 Å². The van der Waals surface area contributed by atoms with Gasteiger partial charge in [-0.3, -0.25) is 4.79 Å². The largest absolute Gasteiger partial charge is 0.351 e. The standard InChI is InChI=1S/C20H26ClN3OS/c1-16(20(25)22-9-8-19-3-2-14-26-19)24-12-10-23(11-13-24)15-17-4-6-18(21)7-5-17/h2-7,14,16H,8-13,15H2,1H3,(H,22,25)/p+2/t16-/m1/s1. The number of nitrogens with one attached hydrogen (secondary N) is 3. The summed E-state index contributed by atoms with van der Waals surface area (Å²) in [7, 11) is 0. The first-order chi connectivity index (χ1) is 12.6. The zero-order chi connectivity index (χ0) is 18.4. The molecule has 1 aromatic carbocycles. The van der Waals surface area contributed by atoms with Gasteiger partial charge >= 0.3 is 0 Å². The molecule has 140 valence electrons. The SMILES string of the molecule is C[C@H](C(=O)NCCc1cccs1)[NH+]1CC[NH+](Cc2ccc(Cl)cc2)CC1. The Morgan fingerprint density at radius 3 is 2.58 bits per heavy atom. The number of hydrogen-bond donors (Lipinski definition) is 3. The molecule has 1 aliphatic heterocycles. The molecule has 1 aliphatic rings. The number of halogens is 1. The molecule has 3 rings (SSSR count). The van der Waals surface area contributed by atoms with Crippen LogP contribution in [-0.2, 0) is 17.8 Å². The van der Waals surface area contributed by atoms with E-state index in [0.717, 1.165) is 50.7 Å². The van der Waals surface area contributed by atoms with E-state index >= 15 is 0 Å². The highest BCUT2D eigenvalue weighted by Crippen LogP contribution is 2.09. The van der Waals surface area contributed by atoms with Gasteiger partial charge in [-0.2, -0.15) is 0 Å². The summed E-state index contributed by atoms with van der Waals surface area (Å²) < 4.78 is 0. The summed E-state index contributed by atoms with van der Waals surface area (Å²) in [6, 6.07) is 12.3. The molecule has 1 fully saturated rings. The molecular weight excluding hydrogens is 366 g/mol. The minimum Gasteiger partial charge on any atom is -0.351 e. The summed E-state index contributed by atoms with van der Waals surface area (Å²) in [6.07, 6.45) is 0.921. The van der Waals surface area contributed by atoms with Crippen LogP contribution in [0.25, 0.3) is 0 Å². The topological polar surface area (TPSA) is 38.0 Å². The van der Waals surface area contributed by atoms with Crippen LogP contribution >= 0.6 is 22.9 Å². The smallest absolute Gasteiger partial charge is 0.278 e. The number of piperazine rings is 1. The molecule has 1 amide bonds. The molecule has 0 radical (unpaired) electrons. The van der Waals surface area contributed by atoms with E-state index in [4.69, 9.17) is 11.6 Å². The van der Waals surface area contributed by atoms with Gasteiger partial charge in [0.25, 0.3) is 5.91 Å². The van der Waals surface area contributed by atoms with Crippen LogP contribution in [0, 0.1) is 0 Å². The van der Waals surface area contributed by atoms with Gasteiger partial charge in [0.05, 0.1) is 0 Å². The van der Waals surface area contributed by atoms with E-state index in [-0.39, 0.29) is 11.9 Å². The van der Waals surface area contributed by atoms with Crippen molar-refractivity contribution < 1.29 is 14.6 Å². The van der Waals surface area contributed by atoms with E-state index in [0.29, 0.717) is 0 Å². The van der Waals surface area contributed by atoms with Crippen molar-refractivity contribution >= 4 is 28.8 Å². The lowest BCUT2D eigenvalue weighted by molar-refractivity contribution is -1.02. The highest BCUT2D eigenvalue weighted by molar-refractivity contribution is 7.09. The fraction of sp³-hybridized carbons (Fsp3) is 0.450. The van der Waals surface area contributed by atoms with Gasteiger partial charge < -0.3 is 15.1 Å². The van der Waals surface area contributed by atoms with E-state index in [2.05, 4.69) is 41.9 Å². The first-order valence-corrected chi connectivity index (χ1v) is 10.6. The summed E-state index contributed by atoms with van der Waals surface area (Å²) in [5.41, 5.74) is 1.33. The number of carbonyl (C=O) groups excluding carboxylic acids is 1. The lowest BCUT2D eigenvalue weighted by atomic mass is 10.1. The van der Waals surface area contributed by atoms with Gasteiger partial charge in [-0.1, -0.05) is 29.8 Å². The lowest BCUT2D eigenvalue weighted by Gasteiger charge is -2.32. The third-order valence-electron chi connectivity index (χ3n) is 5.22. The summed E-state index contributed by atoms with van der Waals surface area (Å²) >= 11 is 7.70. The second kappa shape index (κ2) is 9.51. The Hall–Kier alpha value is -1.40. The Kier molecular flexibility index (Phi) is 7.08. The zero-order valence-corrected chi connectivity index (χ0v) is 16.8. The fourth-order valence-electron chi connectivity index (χ4n) is 3.53. The summed E-state index contributed by atoms with van der Waals surface area (Å²) in [6.45, 7) is 8.11. The van der Waals surface area contributed by atoms with Crippen LogP contribution in [0.3, 0.4) is 0 Å². The van der Waals surface area contributed by atoms with Crippen LogP contribution in [0.2, 0.25) is 5.02 Å². The summed E-state index contributed by atoms with van der Waals surface area (Å²) in [4.78, 5) is 16.7. The second-order valence-corrected chi connectivity index (χ2v) is 8.52. The minimum absolute atomic E-state index is 0.0235. The Morgan fingerprint density at radius 1 is 1.19 bits per heavy atom. The highest BCUT2D eigenvalue weighted by atomic mass is 35.5. The van der Waals surface area contributed by atoms with Gasteiger partial charge in [0.1, 0.15) is 32.7 Å². The Labute approximate surface area is 164 Å². The molecule has 2 heterocycles. The predicted molar refractivity (Wildman–Crippen MR) is 107 cm³/mol. The first kappa shape index (κ1) is 19.4. The quantitative estimate of drug-likeness (QED) is 0.627. The number of benzene rings is 1. The predicted octanol–water partition coefficient (Wildman–Crippen LogP) is 0.432. The zero-order valence-electron chi connectivity index (χ0n) is 15.3. The van der Waals surface area contributed by atoms with Crippen molar-refractivity contribution in [3.63, 3.8) is 0 Å². The number of hydrogen-bond acceptors (Lipinski definition) is 2. The molecule has 4 nitrogen and oxygen atoms in total. The third-order valence-corrected chi connectivity index (χ3v) is 6.41. The fourth-order valence-corrected chi connectivity index (χ4v) is 4.36. The molecule has 0 unspecified atom stereocenters. The maximum atomic E-state index is 12.4. The van der Waals surface area contributed by atoms with Crippen LogP contribution in [0.4, 0.5) is 0 Å². The van der Waals surface area contributed by atoms with E-state index in [9.17, 15) is 4.79 Å². The average Bonchev–Trinajstić information content (AvgIpc) is 3.17. The molecule has 6 heteroatoms. The molecule has 0 bridgehead atoms. The number of carbonyl (C=O) groups is 1. The monoisotopic (exact) mass is 393 g/mol. The van der Waals surface area contributed by atoms with Crippen LogP contribution in [0.5, 0.6) is 0 Å². The summed E-state index contributed by atoms with van der Waals surface area (Å²) in [5.74, 6) is 0.178. The number of thiophene rings is 1. The van der Waals surface area contributed by atoms with Crippen molar-refractivity contribution in [2.45, 2.75) is 25.9 Å². The second-order valence-electron chi connectivity index (χ2n) is 7.05. The third kappa shape index (κ3) is 5.55. The van der Waals surface area contributed by atoms with Crippen molar-refractivity contribution in [3.8, 4) is 0 Å². The van der Waals surface area contributed by atoms with Crippen LogP contribution < -0.4 is 15.1 Å². The molecule has 1 aromatic heterocycles.